The molecule has 0 aliphatic rings. The molecule has 1 aromatic carbocycles. The second kappa shape index (κ2) is 6.83. The van der Waals surface area contributed by atoms with E-state index in [0.717, 1.165) is 4.21 Å². The third-order valence-electron chi connectivity index (χ3n) is 2.88. The summed E-state index contributed by atoms with van der Waals surface area (Å²) in [6.07, 6.45) is 0. The molecule has 2 heterocycles. The maximum Gasteiger partial charge on any atom is 0.217 e. The fourth-order valence-corrected chi connectivity index (χ4v) is 6.32. The van der Waals surface area contributed by atoms with Crippen LogP contribution in [0.5, 0.6) is 0 Å². The average molecular weight is 365 g/mol. The van der Waals surface area contributed by atoms with E-state index in [1.807, 2.05) is 47.8 Å². The predicted molar refractivity (Wildman–Crippen MR) is 96.1 cm³/mol. The fourth-order valence-electron chi connectivity index (χ4n) is 1.86. The van der Waals surface area contributed by atoms with Gasteiger partial charge in [-0.25, -0.2) is 8.42 Å². The maximum absolute atomic E-state index is 12.9. The highest BCUT2D eigenvalue weighted by Crippen LogP contribution is 2.35. The molecule has 6 heteroatoms. The number of thiophene rings is 2. The van der Waals surface area contributed by atoms with Crippen molar-refractivity contribution >= 4 is 49.2 Å². The Bertz CT molecular complexity index is 846. The topological polar surface area (TPSA) is 34.1 Å². The molecule has 0 saturated carbocycles. The summed E-state index contributed by atoms with van der Waals surface area (Å²) in [7, 11) is -3.50. The van der Waals surface area contributed by atoms with Crippen molar-refractivity contribution in [2.75, 3.05) is 0 Å². The molecule has 0 aliphatic heterocycles. The van der Waals surface area contributed by atoms with Crippen molar-refractivity contribution in [2.24, 2.45) is 0 Å². The molecule has 0 spiro atoms. The first kappa shape index (κ1) is 15.6. The van der Waals surface area contributed by atoms with E-state index >= 15 is 0 Å². The van der Waals surface area contributed by atoms with E-state index in [4.69, 9.17) is 0 Å². The summed E-state index contributed by atoms with van der Waals surface area (Å²) in [6.45, 7) is 0. The van der Waals surface area contributed by atoms with Gasteiger partial charge in [-0.1, -0.05) is 54.2 Å². The quantitative estimate of drug-likeness (QED) is 0.570. The van der Waals surface area contributed by atoms with Crippen LogP contribution in [0.3, 0.4) is 0 Å². The van der Waals surface area contributed by atoms with E-state index in [1.54, 1.807) is 34.3 Å². The van der Waals surface area contributed by atoms with Crippen molar-refractivity contribution in [1.82, 2.24) is 0 Å². The van der Waals surface area contributed by atoms with Gasteiger partial charge in [0.25, 0.3) is 0 Å². The summed E-state index contributed by atoms with van der Waals surface area (Å²) < 4.78 is 27.2. The Morgan fingerprint density at radius 2 is 1.64 bits per heavy atom. The highest BCUT2D eigenvalue weighted by Gasteiger charge is 2.23. The van der Waals surface area contributed by atoms with Crippen LogP contribution in [0.2, 0.25) is 0 Å². The van der Waals surface area contributed by atoms with Crippen molar-refractivity contribution in [2.45, 2.75) is 8.42 Å². The highest BCUT2D eigenvalue weighted by atomic mass is 32.2. The lowest BCUT2D eigenvalue weighted by Crippen LogP contribution is -2.02. The Labute approximate surface area is 142 Å². The lowest BCUT2D eigenvalue weighted by atomic mass is 10.2. The van der Waals surface area contributed by atoms with Crippen LogP contribution in [-0.2, 0) is 9.84 Å². The Morgan fingerprint density at radius 1 is 0.909 bits per heavy atom. The molecule has 22 heavy (non-hydrogen) atoms. The van der Waals surface area contributed by atoms with E-state index in [0.29, 0.717) is 14.7 Å². The average Bonchev–Trinajstić information content (AvgIpc) is 3.22. The zero-order chi connectivity index (χ0) is 15.4. The highest BCUT2D eigenvalue weighted by molar-refractivity contribution is 8.07. The fraction of sp³-hybridized carbons (Fsp3) is 0. The SMILES string of the molecule is O=S(=O)(/C(=C/Sc1cccs1)c1ccccc1)c1cccs1. The minimum absolute atomic E-state index is 0.342. The summed E-state index contributed by atoms with van der Waals surface area (Å²) in [4.78, 5) is 0.342. The van der Waals surface area contributed by atoms with Gasteiger partial charge in [0, 0.05) is 0 Å². The van der Waals surface area contributed by atoms with Crippen LogP contribution in [-0.4, -0.2) is 8.42 Å². The molecule has 112 valence electrons. The first-order valence-corrected chi connectivity index (χ1v) is 10.5. The molecule has 0 atom stereocenters. The zero-order valence-electron chi connectivity index (χ0n) is 11.4. The largest absolute Gasteiger partial charge is 0.218 e. The van der Waals surface area contributed by atoms with E-state index in [9.17, 15) is 8.42 Å². The number of benzene rings is 1. The van der Waals surface area contributed by atoms with Crippen LogP contribution in [0.15, 0.2) is 79.2 Å². The third-order valence-corrected chi connectivity index (χ3v) is 8.20. The number of thioether (sulfide) groups is 1. The van der Waals surface area contributed by atoms with Gasteiger partial charge >= 0.3 is 0 Å². The Hall–Kier alpha value is -1.34. The number of hydrogen-bond donors (Lipinski definition) is 0. The van der Waals surface area contributed by atoms with Crippen molar-refractivity contribution in [1.29, 1.82) is 0 Å². The van der Waals surface area contributed by atoms with Crippen molar-refractivity contribution in [3.63, 3.8) is 0 Å². The molecule has 0 unspecified atom stereocenters. The van der Waals surface area contributed by atoms with Gasteiger partial charge in [-0.05, 0) is 33.9 Å². The van der Waals surface area contributed by atoms with Gasteiger partial charge in [0.2, 0.25) is 9.84 Å². The van der Waals surface area contributed by atoms with Crippen LogP contribution in [0.25, 0.3) is 4.91 Å². The molecule has 0 saturated heterocycles. The van der Waals surface area contributed by atoms with Gasteiger partial charge in [0.05, 0.1) is 9.11 Å². The van der Waals surface area contributed by atoms with Crippen molar-refractivity contribution in [3.05, 3.63) is 76.3 Å². The summed E-state index contributed by atoms with van der Waals surface area (Å²) in [5.74, 6) is 0. The zero-order valence-corrected chi connectivity index (χ0v) is 14.6. The van der Waals surface area contributed by atoms with Gasteiger partial charge in [-0.2, -0.15) is 0 Å². The van der Waals surface area contributed by atoms with Crippen LogP contribution >= 0.6 is 34.4 Å². The van der Waals surface area contributed by atoms with Gasteiger partial charge < -0.3 is 0 Å². The lowest BCUT2D eigenvalue weighted by Gasteiger charge is -2.08. The standard InChI is InChI=1S/C16H12O2S4/c17-22(18,16-9-5-11-20-16)14(13-6-2-1-3-7-13)12-21-15-8-4-10-19-15/h1-12H/b14-12+. The van der Waals surface area contributed by atoms with Crippen molar-refractivity contribution < 1.29 is 8.42 Å². The molecular formula is C16H12O2S4. The number of hydrogen-bond acceptors (Lipinski definition) is 5. The van der Waals surface area contributed by atoms with Gasteiger partial charge in [-0.15, -0.1) is 22.7 Å². The molecule has 0 aliphatic carbocycles. The second-order valence-electron chi connectivity index (χ2n) is 4.33. The summed E-state index contributed by atoms with van der Waals surface area (Å²) in [5, 5.41) is 5.49. The van der Waals surface area contributed by atoms with E-state index in [1.165, 1.54) is 23.1 Å². The minimum Gasteiger partial charge on any atom is -0.218 e. The minimum atomic E-state index is -3.50. The van der Waals surface area contributed by atoms with Crippen LogP contribution in [0, 0.1) is 0 Å². The molecule has 0 N–H and O–H groups in total. The van der Waals surface area contributed by atoms with Gasteiger partial charge in [0.1, 0.15) is 4.21 Å². The second-order valence-corrected chi connectivity index (χ2v) is 9.54. The molecule has 0 bridgehead atoms. The number of rotatable bonds is 5. The first-order chi connectivity index (χ1) is 10.7. The summed E-state index contributed by atoms with van der Waals surface area (Å²) in [5.41, 5.74) is 0.708. The first-order valence-electron chi connectivity index (χ1n) is 6.42. The molecule has 0 radical (unpaired) electrons. The maximum atomic E-state index is 12.9. The molecular weight excluding hydrogens is 352 g/mol. The molecule has 0 amide bonds. The van der Waals surface area contributed by atoms with Gasteiger partial charge in [0.15, 0.2) is 0 Å². The van der Waals surface area contributed by atoms with Crippen LogP contribution < -0.4 is 0 Å². The van der Waals surface area contributed by atoms with Crippen molar-refractivity contribution in [3.8, 4) is 0 Å². The molecule has 0 fully saturated rings. The number of sulfone groups is 1. The molecule has 2 aromatic heterocycles. The monoisotopic (exact) mass is 364 g/mol. The Balaban J connectivity index is 2.06. The third kappa shape index (κ3) is 3.35. The summed E-state index contributed by atoms with van der Waals surface area (Å²) in [6, 6.07) is 16.6. The lowest BCUT2D eigenvalue weighted by molar-refractivity contribution is 0.608. The Kier molecular flexibility index (Phi) is 4.83. The molecule has 2 nitrogen and oxygen atoms in total. The summed E-state index contributed by atoms with van der Waals surface area (Å²) >= 11 is 4.27. The van der Waals surface area contributed by atoms with E-state index in [2.05, 4.69) is 0 Å². The van der Waals surface area contributed by atoms with Crippen LogP contribution in [0.4, 0.5) is 0 Å². The van der Waals surface area contributed by atoms with E-state index in [-0.39, 0.29) is 0 Å². The smallest absolute Gasteiger partial charge is 0.217 e. The van der Waals surface area contributed by atoms with Crippen LogP contribution in [0.1, 0.15) is 5.56 Å². The van der Waals surface area contributed by atoms with E-state index < -0.39 is 9.84 Å². The predicted octanol–water partition coefficient (Wildman–Crippen LogP) is 5.37. The Morgan fingerprint density at radius 3 is 2.27 bits per heavy atom. The molecule has 3 rings (SSSR count). The normalized spacial score (nSPS) is 12.5. The molecule has 3 aromatic rings. The van der Waals surface area contributed by atoms with Gasteiger partial charge in [-0.3, -0.25) is 0 Å².